The summed E-state index contributed by atoms with van der Waals surface area (Å²) in [6, 6.07) is 1.14. The number of rotatable bonds is 15. The van der Waals surface area contributed by atoms with Crippen LogP contribution in [0.2, 0.25) is 0 Å². The number of benzene rings is 1. The van der Waals surface area contributed by atoms with Crippen LogP contribution in [0.1, 0.15) is 85.6 Å². The second kappa shape index (κ2) is 17.6. The Kier molecular flexibility index (Phi) is 12.6. The summed E-state index contributed by atoms with van der Waals surface area (Å²) in [7, 11) is 1.46. The minimum Gasteiger partial charge on any atom is -0.492 e. The molecule has 296 valence electrons. The third-order valence-corrected chi connectivity index (χ3v) is 10.7. The molecule has 56 heavy (non-hydrogen) atoms. The number of methoxy groups -OCH3 is 1. The zero-order valence-electron chi connectivity index (χ0n) is 32.1. The molecule has 6 rings (SSSR count). The Morgan fingerprint density at radius 2 is 1.55 bits per heavy atom. The number of halogens is 1. The summed E-state index contributed by atoms with van der Waals surface area (Å²) in [6.07, 6.45) is 17.4. The van der Waals surface area contributed by atoms with E-state index in [0.29, 0.717) is 36.1 Å². The monoisotopic (exact) mass is 771 g/mol. The first-order valence-corrected chi connectivity index (χ1v) is 18.8. The minimum absolute atomic E-state index is 0.0205. The summed E-state index contributed by atoms with van der Waals surface area (Å²) in [5, 5.41) is -0.0205. The predicted molar refractivity (Wildman–Crippen MR) is 203 cm³/mol. The van der Waals surface area contributed by atoms with Crippen molar-refractivity contribution in [1.82, 2.24) is 9.55 Å². The fraction of sp³-hybridized carbons (Fsp3) is 0.500. The Bertz CT molecular complexity index is 2140. The van der Waals surface area contributed by atoms with Gasteiger partial charge in [0.25, 0.3) is 0 Å². The molecule has 3 aliphatic rings. The van der Waals surface area contributed by atoms with Crippen LogP contribution in [-0.2, 0) is 41.8 Å². The number of fused-ring (bicyclic) bond motifs is 2. The summed E-state index contributed by atoms with van der Waals surface area (Å²) in [5.41, 5.74) is 0.224. The highest BCUT2D eigenvalue weighted by Crippen LogP contribution is 2.46. The Morgan fingerprint density at radius 1 is 0.946 bits per heavy atom. The van der Waals surface area contributed by atoms with Gasteiger partial charge in [-0.3, -0.25) is 9.78 Å². The minimum atomic E-state index is -1.05. The number of pyridine rings is 2. The van der Waals surface area contributed by atoms with E-state index in [-0.39, 0.29) is 65.1 Å². The Morgan fingerprint density at radius 3 is 2.12 bits per heavy atom. The van der Waals surface area contributed by atoms with Crippen LogP contribution in [-0.4, -0.2) is 73.1 Å². The van der Waals surface area contributed by atoms with E-state index in [4.69, 9.17) is 41.3 Å². The number of anilines is 1. The lowest BCUT2D eigenvalue weighted by molar-refractivity contribution is -0.158. The molecule has 0 N–H and O–H groups in total. The molecule has 0 amide bonds. The highest BCUT2D eigenvalue weighted by atomic mass is 19.1. The predicted octanol–water partition coefficient (Wildman–Crippen LogP) is 5.20. The maximum absolute atomic E-state index is 16.3. The van der Waals surface area contributed by atoms with Gasteiger partial charge in [-0.25, -0.2) is 18.8 Å². The number of hydrogen-bond donors (Lipinski definition) is 0. The molecule has 1 aromatic carbocycles. The number of hydrogen-bond acceptors (Lipinski definition) is 12. The van der Waals surface area contributed by atoms with E-state index in [1.54, 1.807) is 6.92 Å². The van der Waals surface area contributed by atoms with Gasteiger partial charge in [0.05, 0.1) is 23.7 Å². The molecule has 0 radical (unpaired) electrons. The highest BCUT2D eigenvalue weighted by molar-refractivity contribution is 5.98. The number of ether oxygens (including phenoxy) is 6. The van der Waals surface area contributed by atoms with E-state index in [1.807, 2.05) is 9.47 Å². The zero-order valence-corrected chi connectivity index (χ0v) is 32.1. The van der Waals surface area contributed by atoms with Crippen LogP contribution in [0.4, 0.5) is 10.1 Å². The van der Waals surface area contributed by atoms with E-state index in [0.717, 1.165) is 38.5 Å². The number of esters is 3. The van der Waals surface area contributed by atoms with E-state index in [9.17, 15) is 19.2 Å². The number of terminal acetylenes is 2. The standard InChI is InChI=1S/C42H46FN3O10/c1-7-15-52-25(4)40(48)54-22-29-18-44-24(3)38(33(29)23-55-41(49)26(5)53-16-8-2)56-42(50)32-21-46(30-13-14-30)35-31(37(32)47)17-34(43)36(39(35)51-6)45-19-27-11-9-10-12-28(27)20-45/h1-2,17-18,21,25-28,30H,9-16,19-20,22-23H2,3-6H3. The van der Waals surface area contributed by atoms with Crippen LogP contribution in [0.25, 0.3) is 10.9 Å². The molecular weight excluding hydrogens is 725 g/mol. The van der Waals surface area contributed by atoms with Crippen molar-refractivity contribution < 1.29 is 47.2 Å². The molecule has 14 heteroatoms. The maximum atomic E-state index is 16.3. The summed E-state index contributed by atoms with van der Waals surface area (Å²) >= 11 is 0. The van der Waals surface area contributed by atoms with E-state index in [1.165, 1.54) is 39.4 Å². The van der Waals surface area contributed by atoms with Crippen LogP contribution < -0.4 is 19.8 Å². The number of carbonyl (C=O) groups excluding carboxylic acids is 3. The van der Waals surface area contributed by atoms with Gasteiger partial charge >= 0.3 is 17.9 Å². The smallest absolute Gasteiger partial charge is 0.349 e. The fourth-order valence-corrected chi connectivity index (χ4v) is 7.56. The average Bonchev–Trinajstić information content (AvgIpc) is 3.95. The van der Waals surface area contributed by atoms with Gasteiger partial charge in [0.15, 0.2) is 29.5 Å². The lowest BCUT2D eigenvalue weighted by Crippen LogP contribution is -2.26. The van der Waals surface area contributed by atoms with E-state index < -0.39 is 48.0 Å². The van der Waals surface area contributed by atoms with Gasteiger partial charge in [0.2, 0.25) is 5.43 Å². The molecule has 1 saturated heterocycles. The Balaban J connectivity index is 1.36. The van der Waals surface area contributed by atoms with Gasteiger partial charge in [-0.1, -0.05) is 24.7 Å². The molecule has 4 unspecified atom stereocenters. The molecule has 2 aromatic heterocycles. The molecule has 0 spiro atoms. The molecule has 2 aliphatic carbocycles. The molecule has 3 aromatic rings. The summed E-state index contributed by atoms with van der Waals surface area (Å²) in [6.45, 7) is 4.83. The van der Waals surface area contributed by atoms with Gasteiger partial charge in [-0.05, 0) is 64.4 Å². The van der Waals surface area contributed by atoms with Crippen molar-refractivity contribution in [3.63, 3.8) is 0 Å². The Hall–Kier alpha value is -5.44. The largest absolute Gasteiger partial charge is 0.492 e. The first kappa shape index (κ1) is 40.2. The number of nitrogens with zero attached hydrogens (tertiary/aromatic N) is 3. The van der Waals surface area contributed by atoms with Crippen LogP contribution in [0.15, 0.2) is 23.3 Å². The van der Waals surface area contributed by atoms with Crippen molar-refractivity contribution in [2.75, 3.05) is 38.3 Å². The topological polar surface area (TPSA) is 145 Å². The van der Waals surface area contributed by atoms with E-state index >= 15 is 4.39 Å². The second-order valence-corrected chi connectivity index (χ2v) is 14.5. The molecule has 3 fully saturated rings. The SMILES string of the molecule is C#CCOC(C)C(=O)OCc1cnc(C)c(OC(=O)c2cn(C3CC3)c3c(OC)c(N4CC5CCCCC5C4)c(F)cc3c2=O)c1COC(=O)C(C)OCC#C. The number of aromatic nitrogens is 2. The number of carbonyl (C=O) groups is 3. The molecule has 4 atom stereocenters. The summed E-state index contributed by atoms with van der Waals surface area (Å²) < 4.78 is 51.4. The highest BCUT2D eigenvalue weighted by Gasteiger charge is 2.38. The first-order valence-electron chi connectivity index (χ1n) is 18.8. The lowest BCUT2D eigenvalue weighted by atomic mass is 9.82. The zero-order chi connectivity index (χ0) is 40.1. The summed E-state index contributed by atoms with van der Waals surface area (Å²) in [5.74, 6) is 2.49. The second-order valence-electron chi connectivity index (χ2n) is 14.5. The molecule has 0 bridgehead atoms. The molecule has 1 aliphatic heterocycles. The van der Waals surface area contributed by atoms with Crippen LogP contribution >= 0.6 is 0 Å². The quantitative estimate of drug-likeness (QED) is 0.148. The van der Waals surface area contributed by atoms with Gasteiger partial charge < -0.3 is 37.9 Å². The Labute approximate surface area is 324 Å². The van der Waals surface area contributed by atoms with Crippen LogP contribution in [0.3, 0.4) is 0 Å². The molecule has 3 heterocycles. The molecular formula is C42H46FN3O10. The van der Waals surface area contributed by atoms with Crippen molar-refractivity contribution in [2.24, 2.45) is 11.8 Å². The van der Waals surface area contributed by atoms with Crippen LogP contribution in [0.5, 0.6) is 11.5 Å². The third-order valence-electron chi connectivity index (χ3n) is 10.7. The van der Waals surface area contributed by atoms with Gasteiger partial charge in [0.1, 0.15) is 37.7 Å². The third kappa shape index (κ3) is 8.52. The normalized spacial score (nSPS) is 18.7. The molecule has 13 nitrogen and oxygen atoms in total. The average molecular weight is 772 g/mol. The fourth-order valence-electron chi connectivity index (χ4n) is 7.56. The van der Waals surface area contributed by atoms with Gasteiger partial charge in [0, 0.05) is 42.7 Å². The van der Waals surface area contributed by atoms with Gasteiger partial charge in [-0.15, -0.1) is 12.8 Å². The van der Waals surface area contributed by atoms with Crippen molar-refractivity contribution in [1.29, 1.82) is 0 Å². The van der Waals surface area contributed by atoms with E-state index in [2.05, 4.69) is 16.8 Å². The van der Waals surface area contributed by atoms with Crippen molar-refractivity contribution in [2.45, 2.75) is 90.8 Å². The van der Waals surface area contributed by atoms with Crippen molar-refractivity contribution in [3.05, 3.63) is 56.9 Å². The molecule has 2 saturated carbocycles. The lowest BCUT2D eigenvalue weighted by Gasteiger charge is -2.25. The first-order chi connectivity index (χ1) is 27.0. The number of aryl methyl sites for hydroxylation is 1. The van der Waals surface area contributed by atoms with Gasteiger partial charge in [-0.2, -0.15) is 0 Å². The van der Waals surface area contributed by atoms with Crippen molar-refractivity contribution >= 4 is 34.5 Å². The summed E-state index contributed by atoms with van der Waals surface area (Å²) in [4.78, 5) is 60.1. The maximum Gasteiger partial charge on any atom is 0.349 e. The van der Waals surface area contributed by atoms with Crippen LogP contribution in [0, 0.1) is 49.3 Å². The van der Waals surface area contributed by atoms with Crippen molar-refractivity contribution in [3.8, 4) is 36.2 Å².